The highest BCUT2D eigenvalue weighted by atomic mass is 32.2. The van der Waals surface area contributed by atoms with Crippen LogP contribution in [0.15, 0.2) is 57.6 Å². The lowest BCUT2D eigenvalue weighted by atomic mass is 10.1. The molecule has 0 aliphatic carbocycles. The minimum absolute atomic E-state index is 0.0239. The number of hydrogen-bond acceptors (Lipinski definition) is 9. The van der Waals surface area contributed by atoms with Gasteiger partial charge in [-0.05, 0) is 11.4 Å². The van der Waals surface area contributed by atoms with E-state index in [0.717, 1.165) is 10.4 Å². The van der Waals surface area contributed by atoms with Crippen LogP contribution in [0.4, 0.5) is 5.69 Å². The summed E-state index contributed by atoms with van der Waals surface area (Å²) in [7, 11) is 0. The zero-order valence-corrected chi connectivity index (χ0v) is 19.6. The molecule has 0 amide bonds. The molecule has 5 rings (SSSR count). The third kappa shape index (κ3) is 4.08. The predicted molar refractivity (Wildman–Crippen MR) is 130 cm³/mol. The van der Waals surface area contributed by atoms with Crippen LogP contribution in [0.5, 0.6) is 5.75 Å². The van der Waals surface area contributed by atoms with E-state index in [9.17, 15) is 14.9 Å². The van der Waals surface area contributed by atoms with E-state index in [-0.39, 0.29) is 24.6 Å². The lowest BCUT2D eigenvalue weighted by Gasteiger charge is -2.20. The lowest BCUT2D eigenvalue weighted by molar-refractivity contribution is -0.385. The van der Waals surface area contributed by atoms with Crippen LogP contribution in [0.2, 0.25) is 0 Å². The Morgan fingerprint density at radius 1 is 1.36 bits per heavy atom. The van der Waals surface area contributed by atoms with Gasteiger partial charge in [-0.2, -0.15) is 0 Å². The van der Waals surface area contributed by atoms with Crippen LogP contribution in [-0.2, 0) is 23.6 Å². The average molecular weight is 500 g/mol. The first-order chi connectivity index (χ1) is 16.1. The van der Waals surface area contributed by atoms with Gasteiger partial charge in [0.15, 0.2) is 11.9 Å². The number of nitro groups is 1. The van der Waals surface area contributed by atoms with Gasteiger partial charge in [-0.3, -0.25) is 19.5 Å². The normalized spacial score (nSPS) is 13.0. The number of nitrogens with zero attached hydrogens (tertiary/aromatic N) is 3. The molecule has 0 spiro atoms. The van der Waals surface area contributed by atoms with Gasteiger partial charge in [0.1, 0.15) is 10.6 Å². The minimum atomic E-state index is -0.432. The molecule has 0 unspecified atom stereocenters. The van der Waals surface area contributed by atoms with Gasteiger partial charge >= 0.3 is 0 Å². The van der Waals surface area contributed by atoms with Gasteiger partial charge in [0.05, 0.1) is 16.9 Å². The van der Waals surface area contributed by atoms with Crippen molar-refractivity contribution >= 4 is 50.3 Å². The molecular weight excluding hydrogens is 482 g/mol. The zero-order chi connectivity index (χ0) is 22.9. The molecule has 168 valence electrons. The Labute approximate surface area is 200 Å². The van der Waals surface area contributed by atoms with Crippen molar-refractivity contribution in [3.8, 4) is 16.2 Å². The van der Waals surface area contributed by atoms with Gasteiger partial charge in [0, 0.05) is 51.4 Å². The fraction of sp³-hybridized carbons (Fsp3) is 0.182. The van der Waals surface area contributed by atoms with Crippen LogP contribution in [0.3, 0.4) is 0 Å². The van der Waals surface area contributed by atoms with Crippen molar-refractivity contribution in [2.24, 2.45) is 0 Å². The largest absolute Gasteiger partial charge is 0.467 e. The van der Waals surface area contributed by atoms with Crippen LogP contribution < -0.4 is 10.3 Å². The fourth-order valence-corrected chi connectivity index (χ4v) is 6.43. The number of rotatable bonds is 7. The van der Waals surface area contributed by atoms with Crippen molar-refractivity contribution in [2.45, 2.75) is 24.1 Å². The van der Waals surface area contributed by atoms with Crippen molar-refractivity contribution in [2.75, 3.05) is 6.79 Å². The molecule has 1 aromatic carbocycles. The Kier molecular flexibility index (Phi) is 6.02. The number of nitro benzene ring substituents is 1. The van der Waals surface area contributed by atoms with Crippen molar-refractivity contribution in [1.82, 2.24) is 9.55 Å². The number of non-ortho nitro benzene ring substituents is 1. The molecule has 1 aliphatic rings. The summed E-state index contributed by atoms with van der Waals surface area (Å²) in [5.74, 6) is 0.941. The molecule has 1 aliphatic heterocycles. The first kappa shape index (κ1) is 21.8. The van der Waals surface area contributed by atoms with E-state index in [0.29, 0.717) is 44.5 Å². The first-order valence-corrected chi connectivity index (χ1v) is 12.6. The summed E-state index contributed by atoms with van der Waals surface area (Å²) in [6, 6.07) is 6.92. The molecule has 0 fully saturated rings. The van der Waals surface area contributed by atoms with Crippen LogP contribution in [0.25, 0.3) is 20.7 Å². The molecule has 0 radical (unpaired) electrons. The minimum Gasteiger partial charge on any atom is -0.467 e. The highest BCUT2D eigenvalue weighted by Gasteiger charge is 2.22. The Hall–Kier alpha value is -2.99. The number of thioether (sulfide) groups is 1. The van der Waals surface area contributed by atoms with Gasteiger partial charge < -0.3 is 9.47 Å². The summed E-state index contributed by atoms with van der Waals surface area (Å²) in [4.78, 5) is 30.9. The maximum atomic E-state index is 13.4. The highest BCUT2D eigenvalue weighted by Crippen LogP contribution is 2.38. The summed E-state index contributed by atoms with van der Waals surface area (Å²) in [6.45, 7) is 4.43. The average Bonchev–Trinajstić information content (AvgIpc) is 3.49. The summed E-state index contributed by atoms with van der Waals surface area (Å²) < 4.78 is 12.5. The maximum Gasteiger partial charge on any atom is 0.270 e. The third-order valence-electron chi connectivity index (χ3n) is 5.10. The molecule has 11 heteroatoms. The van der Waals surface area contributed by atoms with Crippen molar-refractivity contribution in [1.29, 1.82) is 0 Å². The van der Waals surface area contributed by atoms with E-state index >= 15 is 0 Å². The molecule has 0 saturated carbocycles. The molecule has 0 atom stereocenters. The van der Waals surface area contributed by atoms with Gasteiger partial charge in [0.25, 0.3) is 11.2 Å². The summed E-state index contributed by atoms with van der Waals surface area (Å²) in [5.41, 5.74) is 2.04. The monoisotopic (exact) mass is 499 g/mol. The summed E-state index contributed by atoms with van der Waals surface area (Å²) >= 11 is 4.35. The zero-order valence-electron chi connectivity index (χ0n) is 17.2. The van der Waals surface area contributed by atoms with Crippen LogP contribution in [-0.4, -0.2) is 21.3 Å². The Balaban J connectivity index is 1.55. The topological polar surface area (TPSA) is 96.5 Å². The highest BCUT2D eigenvalue weighted by molar-refractivity contribution is 7.98. The molecule has 8 nitrogen and oxygen atoms in total. The van der Waals surface area contributed by atoms with Crippen molar-refractivity contribution in [3.63, 3.8) is 0 Å². The number of hydrogen-bond donors (Lipinski definition) is 0. The molecule has 4 heterocycles. The molecule has 4 aromatic rings. The van der Waals surface area contributed by atoms with E-state index < -0.39 is 4.92 Å². The standard InChI is InChI=1S/C22H17N3O5S3/c1-2-5-24-21(26)18-16(17-4-3-6-31-17)11-32-20(18)23-22(24)33-10-14-8-15(25(27)28)7-13-9-29-12-30-19(13)14/h2-4,6-8,11H,1,5,9-10,12H2. The number of ether oxygens (including phenoxy) is 2. The van der Waals surface area contributed by atoms with Gasteiger partial charge in [0.2, 0.25) is 0 Å². The lowest BCUT2D eigenvalue weighted by Crippen LogP contribution is -2.22. The predicted octanol–water partition coefficient (Wildman–Crippen LogP) is 5.44. The molecule has 0 N–H and O–H groups in total. The smallest absolute Gasteiger partial charge is 0.270 e. The summed E-state index contributed by atoms with van der Waals surface area (Å²) in [6.07, 6.45) is 1.66. The molecule has 0 bridgehead atoms. The van der Waals surface area contributed by atoms with Gasteiger partial charge in [-0.25, -0.2) is 4.98 Å². The second kappa shape index (κ2) is 9.10. The Bertz CT molecular complexity index is 1430. The first-order valence-electron chi connectivity index (χ1n) is 9.87. The number of fused-ring (bicyclic) bond motifs is 2. The van der Waals surface area contributed by atoms with E-state index in [4.69, 9.17) is 14.5 Å². The maximum absolute atomic E-state index is 13.4. The SMILES string of the molecule is C=CCn1c(SCc2cc([N+](=O)[O-])cc3c2OCOC3)nc2scc(-c3cccs3)c2c1=O. The van der Waals surface area contributed by atoms with E-state index in [1.54, 1.807) is 22.0 Å². The number of allylic oxidation sites excluding steroid dienone is 1. The van der Waals surface area contributed by atoms with E-state index in [1.165, 1.54) is 35.2 Å². The van der Waals surface area contributed by atoms with Crippen LogP contribution in [0, 0.1) is 10.1 Å². The second-order valence-corrected chi connectivity index (χ2v) is 9.90. The quantitative estimate of drug-likeness (QED) is 0.110. The number of benzene rings is 1. The third-order valence-corrected chi connectivity index (χ3v) is 7.90. The van der Waals surface area contributed by atoms with Crippen LogP contribution in [0.1, 0.15) is 11.1 Å². The molecule has 33 heavy (non-hydrogen) atoms. The van der Waals surface area contributed by atoms with Gasteiger partial charge in [-0.15, -0.1) is 29.3 Å². The van der Waals surface area contributed by atoms with Crippen molar-refractivity contribution < 1.29 is 14.4 Å². The number of aromatic nitrogens is 2. The second-order valence-electron chi connectivity index (χ2n) is 7.16. The molecular formula is C22H17N3O5S3. The van der Waals surface area contributed by atoms with E-state index in [2.05, 4.69) is 6.58 Å². The Morgan fingerprint density at radius 2 is 2.24 bits per heavy atom. The van der Waals surface area contributed by atoms with Crippen molar-refractivity contribution in [3.05, 3.63) is 79.3 Å². The Morgan fingerprint density at radius 3 is 3.00 bits per heavy atom. The molecule has 0 saturated heterocycles. The summed E-state index contributed by atoms with van der Waals surface area (Å²) in [5, 5.41) is 16.5. The van der Waals surface area contributed by atoms with Crippen LogP contribution >= 0.6 is 34.4 Å². The molecule has 3 aromatic heterocycles. The fourth-order valence-electron chi connectivity index (χ4n) is 3.65. The number of thiophene rings is 2. The van der Waals surface area contributed by atoms with Gasteiger partial charge in [-0.1, -0.05) is 23.9 Å². The van der Waals surface area contributed by atoms with E-state index in [1.807, 2.05) is 22.9 Å².